The number of nitrogens with one attached hydrogen (secondary N) is 1. The minimum Gasteiger partial charge on any atom is -0.325 e. The number of hydrogen-bond donors (Lipinski definition) is 1. The summed E-state index contributed by atoms with van der Waals surface area (Å²) >= 11 is 1.29. The van der Waals surface area contributed by atoms with E-state index in [1.54, 1.807) is 0 Å². The Morgan fingerprint density at radius 3 is 2.71 bits per heavy atom. The molecule has 0 saturated carbocycles. The Kier molecular flexibility index (Phi) is 4.76. The highest BCUT2D eigenvalue weighted by Gasteiger charge is 2.09. The van der Waals surface area contributed by atoms with E-state index < -0.39 is 11.6 Å². The highest BCUT2D eigenvalue weighted by molar-refractivity contribution is 7.99. The molecule has 1 amide bonds. The number of carbonyl (C=O) groups is 1. The van der Waals surface area contributed by atoms with Crippen molar-refractivity contribution in [3.63, 3.8) is 0 Å². The largest absolute Gasteiger partial charge is 0.325 e. The van der Waals surface area contributed by atoms with Gasteiger partial charge in [-0.1, -0.05) is 30.0 Å². The Labute approximate surface area is 142 Å². The summed E-state index contributed by atoms with van der Waals surface area (Å²) in [4.78, 5) is 16.5. The Hall–Kier alpha value is -2.47. The fourth-order valence-electron chi connectivity index (χ4n) is 2.30. The quantitative estimate of drug-likeness (QED) is 0.706. The van der Waals surface area contributed by atoms with Crippen LogP contribution in [-0.2, 0) is 4.79 Å². The van der Waals surface area contributed by atoms with Crippen LogP contribution in [0, 0.1) is 18.6 Å². The van der Waals surface area contributed by atoms with Gasteiger partial charge in [0.15, 0.2) is 11.6 Å². The molecule has 122 valence electrons. The van der Waals surface area contributed by atoms with Crippen molar-refractivity contribution in [2.24, 2.45) is 0 Å². The van der Waals surface area contributed by atoms with E-state index in [-0.39, 0.29) is 17.3 Å². The van der Waals surface area contributed by atoms with E-state index in [1.165, 1.54) is 17.8 Å². The van der Waals surface area contributed by atoms with Crippen LogP contribution < -0.4 is 5.32 Å². The fourth-order valence-corrected chi connectivity index (χ4v) is 3.08. The third kappa shape index (κ3) is 3.71. The number of thioether (sulfide) groups is 1. The molecule has 1 N–H and O–H groups in total. The van der Waals surface area contributed by atoms with Gasteiger partial charge in [-0.15, -0.1) is 0 Å². The van der Waals surface area contributed by atoms with Gasteiger partial charge in [0.1, 0.15) is 0 Å². The van der Waals surface area contributed by atoms with Crippen LogP contribution in [0.2, 0.25) is 0 Å². The fraction of sp³-hybridized carbons (Fsp3) is 0.111. The topological polar surface area (TPSA) is 42.0 Å². The average molecular weight is 344 g/mol. The monoisotopic (exact) mass is 344 g/mol. The molecule has 0 unspecified atom stereocenters. The molecule has 2 aromatic carbocycles. The third-order valence-corrected chi connectivity index (χ3v) is 4.37. The molecule has 24 heavy (non-hydrogen) atoms. The lowest BCUT2D eigenvalue weighted by atomic mass is 10.1. The lowest BCUT2D eigenvalue weighted by Gasteiger charge is -2.07. The smallest absolute Gasteiger partial charge is 0.234 e. The summed E-state index contributed by atoms with van der Waals surface area (Å²) in [6, 6.07) is 13.0. The van der Waals surface area contributed by atoms with Gasteiger partial charge in [0, 0.05) is 17.1 Å². The first-order valence-corrected chi connectivity index (χ1v) is 8.25. The van der Waals surface area contributed by atoms with Gasteiger partial charge in [0.05, 0.1) is 16.3 Å². The average Bonchev–Trinajstić information content (AvgIpc) is 2.56. The minimum atomic E-state index is -0.993. The summed E-state index contributed by atoms with van der Waals surface area (Å²) in [6.45, 7) is 2.00. The lowest BCUT2D eigenvalue weighted by molar-refractivity contribution is -0.113. The van der Waals surface area contributed by atoms with Crippen molar-refractivity contribution >= 4 is 34.3 Å². The SMILES string of the molecule is Cc1cc(SCC(=O)Nc2ccc(F)c(F)c2)nc2ccccc12. The van der Waals surface area contributed by atoms with E-state index in [0.29, 0.717) is 0 Å². The molecule has 3 rings (SSSR count). The van der Waals surface area contributed by atoms with Crippen LogP contribution in [0.5, 0.6) is 0 Å². The van der Waals surface area contributed by atoms with Crippen LogP contribution >= 0.6 is 11.8 Å². The molecule has 6 heteroatoms. The van der Waals surface area contributed by atoms with Crippen molar-refractivity contribution in [1.29, 1.82) is 0 Å². The first-order valence-electron chi connectivity index (χ1n) is 7.27. The zero-order valence-electron chi connectivity index (χ0n) is 12.8. The molecular weight excluding hydrogens is 330 g/mol. The van der Waals surface area contributed by atoms with E-state index in [1.807, 2.05) is 37.3 Å². The van der Waals surface area contributed by atoms with Gasteiger partial charge >= 0.3 is 0 Å². The summed E-state index contributed by atoms with van der Waals surface area (Å²) in [5, 5.41) is 4.36. The first kappa shape index (κ1) is 16.4. The van der Waals surface area contributed by atoms with E-state index in [2.05, 4.69) is 10.3 Å². The Morgan fingerprint density at radius 1 is 1.12 bits per heavy atom. The molecule has 0 fully saturated rings. The number of aromatic nitrogens is 1. The predicted octanol–water partition coefficient (Wildman–Crippen LogP) is 4.55. The van der Waals surface area contributed by atoms with E-state index in [0.717, 1.165) is 33.6 Å². The highest BCUT2D eigenvalue weighted by Crippen LogP contribution is 2.23. The minimum absolute atomic E-state index is 0.129. The maximum atomic E-state index is 13.1. The number of para-hydroxylation sites is 1. The third-order valence-electron chi connectivity index (χ3n) is 3.45. The second kappa shape index (κ2) is 6.97. The molecule has 0 aliphatic heterocycles. The molecule has 0 spiro atoms. The van der Waals surface area contributed by atoms with Gasteiger partial charge in [-0.2, -0.15) is 0 Å². The molecule has 0 aliphatic rings. The first-order chi connectivity index (χ1) is 11.5. The van der Waals surface area contributed by atoms with Crippen molar-refractivity contribution in [2.45, 2.75) is 11.9 Å². The number of halogens is 2. The normalized spacial score (nSPS) is 10.8. The van der Waals surface area contributed by atoms with Gasteiger partial charge < -0.3 is 5.32 Å². The van der Waals surface area contributed by atoms with Gasteiger partial charge in [0.2, 0.25) is 5.91 Å². The van der Waals surface area contributed by atoms with E-state index >= 15 is 0 Å². The molecule has 1 heterocycles. The molecule has 0 atom stereocenters. The summed E-state index contributed by atoms with van der Waals surface area (Å²) in [7, 11) is 0. The number of fused-ring (bicyclic) bond motifs is 1. The predicted molar refractivity (Wildman–Crippen MR) is 92.2 cm³/mol. The van der Waals surface area contributed by atoms with Crippen molar-refractivity contribution in [2.75, 3.05) is 11.1 Å². The molecule has 3 aromatic rings. The van der Waals surface area contributed by atoms with Crippen LogP contribution in [0.25, 0.3) is 10.9 Å². The molecule has 0 saturated heterocycles. The van der Waals surface area contributed by atoms with Gasteiger partial charge in [-0.05, 0) is 36.8 Å². The van der Waals surface area contributed by atoms with Crippen molar-refractivity contribution in [1.82, 2.24) is 4.98 Å². The Bertz CT molecular complexity index is 915. The zero-order chi connectivity index (χ0) is 17.1. The Morgan fingerprint density at radius 2 is 1.92 bits per heavy atom. The summed E-state index contributed by atoms with van der Waals surface area (Å²) in [6.07, 6.45) is 0. The van der Waals surface area contributed by atoms with Crippen LogP contribution in [0.3, 0.4) is 0 Å². The van der Waals surface area contributed by atoms with Crippen LogP contribution in [0.4, 0.5) is 14.5 Å². The number of nitrogens with zero attached hydrogens (tertiary/aromatic N) is 1. The Balaban J connectivity index is 1.66. The lowest BCUT2D eigenvalue weighted by Crippen LogP contribution is -2.14. The molecule has 0 radical (unpaired) electrons. The molecule has 1 aromatic heterocycles. The second-order valence-electron chi connectivity index (χ2n) is 5.26. The molecule has 0 aliphatic carbocycles. The maximum absolute atomic E-state index is 13.1. The second-order valence-corrected chi connectivity index (χ2v) is 6.26. The number of rotatable bonds is 4. The van der Waals surface area contributed by atoms with Gasteiger partial charge in [-0.25, -0.2) is 13.8 Å². The number of carbonyl (C=O) groups excluding carboxylic acids is 1. The van der Waals surface area contributed by atoms with Crippen molar-refractivity contribution < 1.29 is 13.6 Å². The van der Waals surface area contributed by atoms with Gasteiger partial charge in [0.25, 0.3) is 0 Å². The molecular formula is C18H14F2N2OS. The summed E-state index contributed by atoms with van der Waals surface area (Å²) < 4.78 is 26.0. The van der Waals surface area contributed by atoms with Crippen LogP contribution in [0.1, 0.15) is 5.56 Å². The number of pyridine rings is 1. The highest BCUT2D eigenvalue weighted by atomic mass is 32.2. The summed E-state index contributed by atoms with van der Waals surface area (Å²) in [5.41, 5.74) is 2.19. The number of aryl methyl sites for hydroxylation is 1. The molecule has 3 nitrogen and oxygen atoms in total. The number of hydrogen-bond acceptors (Lipinski definition) is 3. The van der Waals surface area contributed by atoms with Crippen molar-refractivity contribution in [3.8, 4) is 0 Å². The molecule has 0 bridgehead atoms. The number of amides is 1. The van der Waals surface area contributed by atoms with Crippen LogP contribution in [-0.4, -0.2) is 16.6 Å². The summed E-state index contributed by atoms with van der Waals surface area (Å²) in [5.74, 6) is -2.12. The van der Waals surface area contributed by atoms with E-state index in [4.69, 9.17) is 0 Å². The van der Waals surface area contributed by atoms with Gasteiger partial charge in [-0.3, -0.25) is 4.79 Å². The zero-order valence-corrected chi connectivity index (χ0v) is 13.7. The number of benzene rings is 2. The number of anilines is 1. The van der Waals surface area contributed by atoms with E-state index in [9.17, 15) is 13.6 Å². The standard InChI is InChI=1S/C18H14F2N2OS/c1-11-8-18(22-16-5-3-2-4-13(11)16)24-10-17(23)21-12-6-7-14(19)15(20)9-12/h2-9H,10H2,1H3,(H,21,23). The van der Waals surface area contributed by atoms with Crippen molar-refractivity contribution in [3.05, 3.63) is 65.7 Å². The van der Waals surface area contributed by atoms with Crippen LogP contribution in [0.15, 0.2) is 53.6 Å². The maximum Gasteiger partial charge on any atom is 0.234 e.